The van der Waals surface area contributed by atoms with Gasteiger partial charge < -0.3 is 16.4 Å². The number of carbonyl (C=O) groups excluding carboxylic acids is 1. The largest absolute Gasteiger partial charge is 0.396 e. The van der Waals surface area contributed by atoms with Gasteiger partial charge in [-0.05, 0) is 18.6 Å². The number of amides is 1. The van der Waals surface area contributed by atoms with E-state index in [0.29, 0.717) is 12.2 Å². The van der Waals surface area contributed by atoms with E-state index in [-0.39, 0.29) is 5.91 Å². The molecule has 18 heavy (non-hydrogen) atoms. The van der Waals surface area contributed by atoms with Crippen molar-refractivity contribution in [2.75, 3.05) is 43.4 Å². The molecule has 0 saturated carbocycles. The lowest BCUT2D eigenvalue weighted by atomic mass is 10.3. The SMILES string of the molecule is NC(=O)CN1CCCN(c2ncccc2N)CC1. The Hall–Kier alpha value is -1.82. The van der Waals surface area contributed by atoms with E-state index in [9.17, 15) is 4.79 Å². The van der Waals surface area contributed by atoms with Crippen molar-refractivity contribution in [2.45, 2.75) is 6.42 Å². The van der Waals surface area contributed by atoms with Crippen LogP contribution in [0.5, 0.6) is 0 Å². The van der Waals surface area contributed by atoms with Crippen LogP contribution in [0.4, 0.5) is 11.5 Å². The average molecular weight is 249 g/mol. The van der Waals surface area contributed by atoms with Gasteiger partial charge in [-0.2, -0.15) is 0 Å². The van der Waals surface area contributed by atoms with Crippen molar-refractivity contribution in [1.82, 2.24) is 9.88 Å². The molecule has 1 amide bonds. The van der Waals surface area contributed by atoms with Crippen molar-refractivity contribution in [3.8, 4) is 0 Å². The van der Waals surface area contributed by atoms with Crippen LogP contribution in [0.25, 0.3) is 0 Å². The van der Waals surface area contributed by atoms with Crippen molar-refractivity contribution < 1.29 is 4.79 Å². The number of hydrogen-bond donors (Lipinski definition) is 2. The van der Waals surface area contributed by atoms with Crippen LogP contribution in [-0.2, 0) is 4.79 Å². The fourth-order valence-corrected chi connectivity index (χ4v) is 2.23. The first-order valence-corrected chi connectivity index (χ1v) is 6.13. The molecule has 1 aromatic heterocycles. The number of aromatic nitrogens is 1. The van der Waals surface area contributed by atoms with Gasteiger partial charge in [0, 0.05) is 32.4 Å². The number of rotatable bonds is 3. The molecule has 6 heteroatoms. The molecule has 0 spiro atoms. The minimum atomic E-state index is -0.277. The third-order valence-electron chi connectivity index (χ3n) is 3.08. The molecule has 98 valence electrons. The van der Waals surface area contributed by atoms with Gasteiger partial charge in [0.15, 0.2) is 5.82 Å². The summed E-state index contributed by atoms with van der Waals surface area (Å²) in [4.78, 5) is 19.5. The van der Waals surface area contributed by atoms with Crippen molar-refractivity contribution in [3.05, 3.63) is 18.3 Å². The topological polar surface area (TPSA) is 88.5 Å². The molecular weight excluding hydrogens is 230 g/mol. The quantitative estimate of drug-likeness (QED) is 0.765. The van der Waals surface area contributed by atoms with Crippen LogP contribution in [0.15, 0.2) is 18.3 Å². The molecule has 0 radical (unpaired) electrons. The Morgan fingerprint density at radius 2 is 2.17 bits per heavy atom. The summed E-state index contributed by atoms with van der Waals surface area (Å²) >= 11 is 0. The molecule has 0 unspecified atom stereocenters. The highest BCUT2D eigenvalue weighted by atomic mass is 16.1. The van der Waals surface area contributed by atoms with E-state index >= 15 is 0 Å². The molecule has 1 aliphatic heterocycles. The standard InChI is InChI=1S/C12H19N5O/c13-10-3-1-4-15-12(10)17-6-2-5-16(7-8-17)9-11(14)18/h1,3-4H,2,5-9,13H2,(H2,14,18). The number of nitrogen functional groups attached to an aromatic ring is 1. The molecule has 6 nitrogen and oxygen atoms in total. The first kappa shape index (κ1) is 12.6. The van der Waals surface area contributed by atoms with Gasteiger partial charge in [-0.15, -0.1) is 0 Å². The summed E-state index contributed by atoms with van der Waals surface area (Å²) in [7, 11) is 0. The summed E-state index contributed by atoms with van der Waals surface area (Å²) in [6.07, 6.45) is 2.72. The van der Waals surface area contributed by atoms with Gasteiger partial charge in [0.05, 0.1) is 12.2 Å². The molecule has 0 aromatic carbocycles. The zero-order chi connectivity index (χ0) is 13.0. The van der Waals surface area contributed by atoms with Gasteiger partial charge in [0.2, 0.25) is 5.91 Å². The van der Waals surface area contributed by atoms with Gasteiger partial charge in [-0.25, -0.2) is 4.98 Å². The van der Waals surface area contributed by atoms with Crippen LogP contribution < -0.4 is 16.4 Å². The summed E-state index contributed by atoms with van der Waals surface area (Å²) in [5.41, 5.74) is 11.8. The lowest BCUT2D eigenvalue weighted by Gasteiger charge is -2.23. The molecule has 0 aliphatic carbocycles. The number of hydrogen-bond acceptors (Lipinski definition) is 5. The maximum atomic E-state index is 10.9. The summed E-state index contributed by atoms with van der Waals surface area (Å²) < 4.78 is 0. The number of anilines is 2. The summed E-state index contributed by atoms with van der Waals surface area (Å²) in [5.74, 6) is 0.555. The molecule has 0 bridgehead atoms. The van der Waals surface area contributed by atoms with Crippen molar-refractivity contribution in [2.24, 2.45) is 5.73 Å². The van der Waals surface area contributed by atoms with Gasteiger partial charge in [-0.1, -0.05) is 0 Å². The molecule has 1 aromatic rings. The first-order chi connectivity index (χ1) is 8.66. The van der Waals surface area contributed by atoms with Crippen molar-refractivity contribution in [3.63, 3.8) is 0 Å². The highest BCUT2D eigenvalue weighted by molar-refractivity contribution is 5.75. The van der Waals surface area contributed by atoms with E-state index in [1.165, 1.54) is 0 Å². The van der Waals surface area contributed by atoms with Gasteiger partial charge in [0.25, 0.3) is 0 Å². The van der Waals surface area contributed by atoms with Gasteiger partial charge >= 0.3 is 0 Å². The molecule has 0 atom stereocenters. The molecule has 4 N–H and O–H groups in total. The minimum absolute atomic E-state index is 0.277. The van der Waals surface area contributed by atoms with Gasteiger partial charge in [-0.3, -0.25) is 9.69 Å². The van der Waals surface area contributed by atoms with Crippen LogP contribution in [-0.4, -0.2) is 48.5 Å². The average Bonchev–Trinajstić information content (AvgIpc) is 2.55. The fraction of sp³-hybridized carbons (Fsp3) is 0.500. The Kier molecular flexibility index (Phi) is 3.99. The molecule has 1 fully saturated rings. The number of primary amides is 1. The van der Waals surface area contributed by atoms with E-state index in [4.69, 9.17) is 11.5 Å². The first-order valence-electron chi connectivity index (χ1n) is 6.13. The minimum Gasteiger partial charge on any atom is -0.396 e. The predicted molar refractivity (Wildman–Crippen MR) is 71.1 cm³/mol. The number of nitrogens with zero attached hydrogens (tertiary/aromatic N) is 3. The lowest BCUT2D eigenvalue weighted by molar-refractivity contribution is -0.119. The molecule has 1 aliphatic rings. The van der Waals surface area contributed by atoms with E-state index in [1.807, 2.05) is 12.1 Å². The number of carbonyl (C=O) groups is 1. The smallest absolute Gasteiger partial charge is 0.231 e. The highest BCUT2D eigenvalue weighted by Crippen LogP contribution is 2.20. The zero-order valence-corrected chi connectivity index (χ0v) is 10.4. The van der Waals surface area contributed by atoms with Gasteiger partial charge in [0.1, 0.15) is 0 Å². The van der Waals surface area contributed by atoms with Crippen molar-refractivity contribution >= 4 is 17.4 Å². The van der Waals surface area contributed by atoms with E-state index in [0.717, 1.165) is 38.4 Å². The molecule has 2 heterocycles. The molecular formula is C12H19N5O. The predicted octanol–water partition coefficient (Wildman–Crippen LogP) is -0.339. The number of pyridine rings is 1. The second-order valence-electron chi connectivity index (χ2n) is 4.50. The maximum Gasteiger partial charge on any atom is 0.231 e. The van der Waals surface area contributed by atoms with Crippen LogP contribution in [0.1, 0.15) is 6.42 Å². The summed E-state index contributed by atoms with van der Waals surface area (Å²) in [6, 6.07) is 3.68. The second kappa shape index (κ2) is 5.68. The zero-order valence-electron chi connectivity index (χ0n) is 10.4. The van der Waals surface area contributed by atoms with Crippen LogP contribution in [0, 0.1) is 0 Å². The molecule has 2 rings (SSSR count). The van der Waals surface area contributed by atoms with Crippen LogP contribution >= 0.6 is 0 Å². The highest BCUT2D eigenvalue weighted by Gasteiger charge is 2.18. The van der Waals surface area contributed by atoms with E-state index in [1.54, 1.807) is 6.20 Å². The van der Waals surface area contributed by atoms with E-state index < -0.39 is 0 Å². The van der Waals surface area contributed by atoms with Crippen molar-refractivity contribution in [1.29, 1.82) is 0 Å². The Morgan fingerprint density at radius 1 is 1.33 bits per heavy atom. The second-order valence-corrected chi connectivity index (χ2v) is 4.50. The monoisotopic (exact) mass is 249 g/mol. The van der Waals surface area contributed by atoms with Crippen LogP contribution in [0.3, 0.4) is 0 Å². The van der Waals surface area contributed by atoms with E-state index in [2.05, 4.69) is 14.8 Å². The summed E-state index contributed by atoms with van der Waals surface area (Å²) in [6.45, 7) is 3.72. The lowest BCUT2D eigenvalue weighted by Crippen LogP contribution is -2.37. The Morgan fingerprint density at radius 3 is 2.89 bits per heavy atom. The summed E-state index contributed by atoms with van der Waals surface area (Å²) in [5, 5.41) is 0. The third kappa shape index (κ3) is 3.10. The molecule has 1 saturated heterocycles. The number of nitrogens with two attached hydrogens (primary N) is 2. The Bertz CT molecular complexity index is 423. The van der Waals surface area contributed by atoms with Crippen LogP contribution in [0.2, 0.25) is 0 Å². The normalized spacial score (nSPS) is 17.4. The Labute approximate surface area is 107 Å². The Balaban J connectivity index is 2.01. The third-order valence-corrected chi connectivity index (χ3v) is 3.08. The fourth-order valence-electron chi connectivity index (χ4n) is 2.23. The maximum absolute atomic E-state index is 10.9.